The molecule has 120 valence electrons. The number of carbonyl (C=O) groups is 1. The molecule has 0 radical (unpaired) electrons. The predicted molar refractivity (Wildman–Crippen MR) is 97.1 cm³/mol. The molecule has 1 amide bonds. The molecule has 0 saturated heterocycles. The number of carbonyl (C=O) groups excluding carboxylic acids is 1. The number of aliphatic imine (C=N–C) groups is 1. The Balaban J connectivity index is 1.68. The van der Waals surface area contributed by atoms with Crippen LogP contribution in [-0.4, -0.2) is 18.2 Å². The van der Waals surface area contributed by atoms with Crippen LogP contribution in [0.3, 0.4) is 0 Å². The van der Waals surface area contributed by atoms with Gasteiger partial charge in [0.25, 0.3) is 5.91 Å². The average molecular weight is 326 g/mol. The van der Waals surface area contributed by atoms with Crippen molar-refractivity contribution in [2.45, 2.75) is 45.1 Å². The third-order valence-corrected chi connectivity index (χ3v) is 5.06. The Morgan fingerprint density at radius 1 is 1.17 bits per heavy atom. The zero-order chi connectivity index (χ0) is 16.1. The van der Waals surface area contributed by atoms with Crippen LogP contribution in [0.4, 0.5) is 5.00 Å². The van der Waals surface area contributed by atoms with Gasteiger partial charge in [-0.05, 0) is 36.8 Å². The van der Waals surface area contributed by atoms with E-state index in [-0.39, 0.29) is 5.91 Å². The van der Waals surface area contributed by atoms with E-state index in [1.165, 1.54) is 36.2 Å². The second kappa shape index (κ2) is 7.55. The van der Waals surface area contributed by atoms with Gasteiger partial charge in [-0.3, -0.25) is 4.79 Å². The van der Waals surface area contributed by atoms with Crippen LogP contribution in [0.15, 0.2) is 40.7 Å². The Bertz CT molecular complexity index is 682. The zero-order valence-corrected chi connectivity index (χ0v) is 14.2. The summed E-state index contributed by atoms with van der Waals surface area (Å²) in [5.41, 5.74) is 2.96. The summed E-state index contributed by atoms with van der Waals surface area (Å²) < 4.78 is 0. The molecule has 3 nitrogen and oxygen atoms in total. The van der Waals surface area contributed by atoms with Crippen molar-refractivity contribution in [1.29, 1.82) is 0 Å². The third kappa shape index (κ3) is 4.29. The van der Waals surface area contributed by atoms with Gasteiger partial charge in [-0.2, -0.15) is 0 Å². The van der Waals surface area contributed by atoms with Crippen molar-refractivity contribution >= 4 is 28.5 Å². The van der Waals surface area contributed by atoms with Crippen LogP contribution in [0, 0.1) is 6.92 Å². The standard InChI is InChI=1S/C19H22N2OS/c1-14-7-9-15(10-8-14)13-20-19-17(11-12-23-19)18(22)21-16-5-3-2-4-6-16/h7-13,16H,2-6H2,1H3,(H,21,22)/b20-13+. The highest BCUT2D eigenvalue weighted by Gasteiger charge is 2.18. The van der Waals surface area contributed by atoms with Crippen LogP contribution in [-0.2, 0) is 0 Å². The normalized spacial score (nSPS) is 15.9. The lowest BCUT2D eigenvalue weighted by molar-refractivity contribution is 0.0929. The van der Waals surface area contributed by atoms with Crippen molar-refractivity contribution in [3.05, 3.63) is 52.4 Å². The summed E-state index contributed by atoms with van der Waals surface area (Å²) in [6.07, 6.45) is 7.73. The Hall–Kier alpha value is -1.94. The van der Waals surface area contributed by atoms with Gasteiger partial charge in [-0.15, -0.1) is 11.3 Å². The number of hydrogen-bond donors (Lipinski definition) is 1. The van der Waals surface area contributed by atoms with Gasteiger partial charge in [-0.25, -0.2) is 4.99 Å². The molecular formula is C19H22N2OS. The topological polar surface area (TPSA) is 41.5 Å². The van der Waals surface area contributed by atoms with E-state index in [4.69, 9.17) is 0 Å². The Morgan fingerprint density at radius 2 is 1.91 bits per heavy atom. The fourth-order valence-electron chi connectivity index (χ4n) is 2.87. The summed E-state index contributed by atoms with van der Waals surface area (Å²) in [6.45, 7) is 2.06. The Kier molecular flexibility index (Phi) is 5.23. The van der Waals surface area contributed by atoms with Crippen LogP contribution in [0.1, 0.15) is 53.6 Å². The molecule has 0 spiro atoms. The number of rotatable bonds is 4. The van der Waals surface area contributed by atoms with Gasteiger partial charge in [-0.1, -0.05) is 49.1 Å². The van der Waals surface area contributed by atoms with Crippen molar-refractivity contribution in [3.8, 4) is 0 Å². The number of hydrogen-bond acceptors (Lipinski definition) is 3. The van der Waals surface area contributed by atoms with E-state index in [1.54, 1.807) is 0 Å². The maximum absolute atomic E-state index is 12.5. The maximum atomic E-state index is 12.5. The van der Waals surface area contributed by atoms with E-state index in [1.807, 2.05) is 29.8 Å². The zero-order valence-electron chi connectivity index (χ0n) is 13.4. The highest BCUT2D eigenvalue weighted by molar-refractivity contribution is 7.14. The molecule has 0 unspecified atom stereocenters. The maximum Gasteiger partial charge on any atom is 0.254 e. The molecule has 1 saturated carbocycles. The molecule has 1 aromatic carbocycles. The predicted octanol–water partition coefficient (Wildman–Crippen LogP) is 4.87. The van der Waals surface area contributed by atoms with Gasteiger partial charge < -0.3 is 5.32 Å². The first-order valence-corrected chi connectivity index (χ1v) is 9.09. The number of aryl methyl sites for hydroxylation is 1. The molecule has 1 N–H and O–H groups in total. The van der Waals surface area contributed by atoms with Crippen molar-refractivity contribution in [2.75, 3.05) is 0 Å². The number of benzene rings is 1. The second-order valence-electron chi connectivity index (χ2n) is 6.12. The first-order valence-electron chi connectivity index (χ1n) is 8.21. The number of amides is 1. The summed E-state index contributed by atoms with van der Waals surface area (Å²) in [5.74, 6) is 0.00852. The fourth-order valence-corrected chi connectivity index (χ4v) is 3.60. The SMILES string of the molecule is Cc1ccc(/C=N/c2sccc2C(=O)NC2CCCCC2)cc1. The lowest BCUT2D eigenvalue weighted by Crippen LogP contribution is -2.35. The van der Waals surface area contributed by atoms with Crippen LogP contribution in [0.25, 0.3) is 0 Å². The van der Waals surface area contributed by atoms with Crippen molar-refractivity contribution < 1.29 is 4.79 Å². The van der Waals surface area contributed by atoms with Gasteiger partial charge in [0.15, 0.2) is 0 Å². The summed E-state index contributed by atoms with van der Waals surface area (Å²) in [5, 5.41) is 5.87. The van der Waals surface area contributed by atoms with E-state index < -0.39 is 0 Å². The van der Waals surface area contributed by atoms with Crippen molar-refractivity contribution in [1.82, 2.24) is 5.32 Å². The molecule has 1 fully saturated rings. The number of nitrogens with one attached hydrogen (secondary N) is 1. The minimum Gasteiger partial charge on any atom is -0.349 e. The summed E-state index contributed by atoms with van der Waals surface area (Å²) in [7, 11) is 0. The van der Waals surface area contributed by atoms with E-state index in [0.29, 0.717) is 11.6 Å². The van der Waals surface area contributed by atoms with Crippen molar-refractivity contribution in [3.63, 3.8) is 0 Å². The highest BCUT2D eigenvalue weighted by atomic mass is 32.1. The molecule has 1 aliphatic rings. The second-order valence-corrected chi connectivity index (χ2v) is 7.01. The minimum absolute atomic E-state index is 0.00852. The van der Waals surface area contributed by atoms with E-state index in [9.17, 15) is 4.79 Å². The Labute approximate surface area is 141 Å². The summed E-state index contributed by atoms with van der Waals surface area (Å²) in [6, 6.07) is 10.4. The number of thiophene rings is 1. The lowest BCUT2D eigenvalue weighted by atomic mass is 9.95. The lowest BCUT2D eigenvalue weighted by Gasteiger charge is -2.22. The molecule has 0 bridgehead atoms. The first-order chi connectivity index (χ1) is 11.2. The van der Waals surface area contributed by atoms with Crippen LogP contribution >= 0.6 is 11.3 Å². The van der Waals surface area contributed by atoms with Gasteiger partial charge >= 0.3 is 0 Å². The minimum atomic E-state index is 0.00852. The molecule has 0 atom stereocenters. The molecule has 0 aliphatic heterocycles. The summed E-state index contributed by atoms with van der Waals surface area (Å²) in [4.78, 5) is 17.0. The third-order valence-electron chi connectivity index (χ3n) is 4.24. The quantitative estimate of drug-likeness (QED) is 0.800. The van der Waals surface area contributed by atoms with Crippen LogP contribution in [0.5, 0.6) is 0 Å². The smallest absolute Gasteiger partial charge is 0.254 e. The Morgan fingerprint density at radius 3 is 2.65 bits per heavy atom. The van der Waals surface area contributed by atoms with Crippen LogP contribution < -0.4 is 5.32 Å². The molecule has 1 heterocycles. The number of nitrogens with zero attached hydrogens (tertiary/aromatic N) is 1. The molecular weight excluding hydrogens is 304 g/mol. The largest absolute Gasteiger partial charge is 0.349 e. The highest BCUT2D eigenvalue weighted by Crippen LogP contribution is 2.27. The van der Waals surface area contributed by atoms with E-state index in [0.717, 1.165) is 23.4 Å². The van der Waals surface area contributed by atoms with Gasteiger partial charge in [0, 0.05) is 12.3 Å². The molecule has 1 aromatic heterocycles. The molecule has 1 aliphatic carbocycles. The molecule has 2 aromatic rings. The van der Waals surface area contributed by atoms with Gasteiger partial charge in [0.1, 0.15) is 5.00 Å². The molecule has 4 heteroatoms. The van der Waals surface area contributed by atoms with Gasteiger partial charge in [0.05, 0.1) is 5.56 Å². The fraction of sp³-hybridized carbons (Fsp3) is 0.368. The van der Waals surface area contributed by atoms with E-state index >= 15 is 0 Å². The van der Waals surface area contributed by atoms with Crippen LogP contribution in [0.2, 0.25) is 0 Å². The van der Waals surface area contributed by atoms with Crippen molar-refractivity contribution in [2.24, 2.45) is 4.99 Å². The summed E-state index contributed by atoms with van der Waals surface area (Å²) >= 11 is 1.50. The average Bonchev–Trinajstić information content (AvgIpc) is 3.04. The molecule has 3 rings (SSSR count). The first kappa shape index (κ1) is 15.9. The van der Waals surface area contributed by atoms with E-state index in [2.05, 4.69) is 29.4 Å². The molecule has 23 heavy (non-hydrogen) atoms. The monoisotopic (exact) mass is 326 g/mol. The van der Waals surface area contributed by atoms with Gasteiger partial charge in [0.2, 0.25) is 0 Å².